The highest BCUT2D eigenvalue weighted by Gasteiger charge is 2.49. The van der Waals surface area contributed by atoms with Crippen LogP contribution in [0.3, 0.4) is 0 Å². The minimum Gasteiger partial charge on any atom is -0.508 e. The Morgan fingerprint density at radius 1 is 1.16 bits per heavy atom. The van der Waals surface area contributed by atoms with Crippen molar-refractivity contribution >= 4 is 27.5 Å². The second-order valence-corrected chi connectivity index (χ2v) is 12.3. The number of fused-ring (bicyclic) bond motifs is 3. The van der Waals surface area contributed by atoms with Crippen LogP contribution in [0.1, 0.15) is 44.6 Å². The van der Waals surface area contributed by atoms with Gasteiger partial charge in [-0.3, -0.25) is 9.88 Å². The van der Waals surface area contributed by atoms with Crippen molar-refractivity contribution in [3.05, 3.63) is 47.7 Å². The molecule has 4 aromatic rings. The van der Waals surface area contributed by atoms with E-state index in [0.717, 1.165) is 32.2 Å². The Morgan fingerprint density at radius 3 is 2.84 bits per heavy atom. The van der Waals surface area contributed by atoms with Crippen molar-refractivity contribution in [1.82, 2.24) is 19.9 Å². The van der Waals surface area contributed by atoms with Crippen LogP contribution in [0.15, 0.2) is 30.5 Å². The zero-order valence-corrected chi connectivity index (χ0v) is 24.5. The van der Waals surface area contributed by atoms with Gasteiger partial charge in [0.25, 0.3) is 0 Å². The van der Waals surface area contributed by atoms with Crippen LogP contribution in [-0.4, -0.2) is 69.5 Å². The predicted octanol–water partition coefficient (Wildman–Crippen LogP) is 6.09. The van der Waals surface area contributed by atoms with Gasteiger partial charge in [-0.2, -0.15) is 15.2 Å². The second-order valence-electron chi connectivity index (χ2n) is 12.3. The standard InChI is InChI=1S/C33H33F3N6O2/c1-2-23-26(35)7-6-20-11-22(43)12-24(27(20)23)29-28(36)30-25(15-38-29)31(41-9-3-5-19(14-37)16-41)40-32(39-30)44-18-33-8-4-10-42(33)17-21(34)13-33/h6-7,11-12,15,19,21,43H,2-5,8-10,13,16-18H2,1H3/t19?,21-,33?/m1/s1. The minimum absolute atomic E-state index is 0.0319. The number of aromatic hydroxyl groups is 1. The van der Waals surface area contributed by atoms with Gasteiger partial charge in [-0.15, -0.1) is 0 Å². The molecule has 228 valence electrons. The summed E-state index contributed by atoms with van der Waals surface area (Å²) in [5.41, 5.74) is 0.0828. The number of piperidine rings is 1. The van der Waals surface area contributed by atoms with E-state index in [1.165, 1.54) is 24.4 Å². The molecule has 2 aromatic carbocycles. The summed E-state index contributed by atoms with van der Waals surface area (Å²) in [6.45, 7) is 4.20. The topological polar surface area (TPSA) is 98.4 Å². The van der Waals surface area contributed by atoms with Crippen LogP contribution in [0.25, 0.3) is 32.9 Å². The molecule has 0 spiro atoms. The van der Waals surface area contributed by atoms with Gasteiger partial charge in [-0.05, 0) is 73.2 Å². The molecule has 8 nitrogen and oxygen atoms in total. The molecule has 7 rings (SSSR count). The maximum absolute atomic E-state index is 16.7. The summed E-state index contributed by atoms with van der Waals surface area (Å²) < 4.78 is 52.2. The number of hydrogen-bond donors (Lipinski definition) is 1. The molecular weight excluding hydrogens is 569 g/mol. The fraction of sp³-hybridized carbons (Fsp3) is 0.455. The van der Waals surface area contributed by atoms with Crippen molar-refractivity contribution in [1.29, 1.82) is 5.26 Å². The van der Waals surface area contributed by atoms with Gasteiger partial charge in [0.2, 0.25) is 0 Å². The van der Waals surface area contributed by atoms with Gasteiger partial charge in [0.1, 0.15) is 41.4 Å². The lowest BCUT2D eigenvalue weighted by molar-refractivity contribution is 0.107. The maximum atomic E-state index is 16.7. The number of alkyl halides is 1. The molecule has 3 atom stereocenters. The highest BCUT2D eigenvalue weighted by Crippen LogP contribution is 2.42. The van der Waals surface area contributed by atoms with E-state index < -0.39 is 23.3 Å². The molecule has 0 amide bonds. The van der Waals surface area contributed by atoms with Crippen molar-refractivity contribution in [3.63, 3.8) is 0 Å². The largest absolute Gasteiger partial charge is 0.508 e. The number of phenolic OH excluding ortho intramolecular Hbond substituents is 1. The molecule has 2 unspecified atom stereocenters. The monoisotopic (exact) mass is 602 g/mol. The first-order chi connectivity index (χ1) is 21.3. The van der Waals surface area contributed by atoms with Crippen LogP contribution in [0.4, 0.5) is 19.0 Å². The summed E-state index contributed by atoms with van der Waals surface area (Å²) in [5, 5.41) is 21.5. The van der Waals surface area contributed by atoms with Gasteiger partial charge in [0, 0.05) is 37.8 Å². The highest BCUT2D eigenvalue weighted by molar-refractivity contribution is 6.01. The number of halogens is 3. The Labute approximate surface area is 253 Å². The molecule has 0 saturated carbocycles. The first-order valence-electron chi connectivity index (χ1n) is 15.3. The molecule has 3 aliphatic rings. The Balaban J connectivity index is 1.38. The molecule has 0 radical (unpaired) electrons. The van der Waals surface area contributed by atoms with Gasteiger partial charge in [-0.25, -0.2) is 13.2 Å². The van der Waals surface area contributed by atoms with E-state index in [0.29, 0.717) is 60.0 Å². The van der Waals surface area contributed by atoms with Crippen molar-refractivity contribution in [2.45, 2.75) is 57.2 Å². The SMILES string of the molecule is CCc1c(F)ccc2cc(O)cc(-c3ncc4c(N5CCCC(C#N)C5)nc(OCC56CCCN5C[C@H](F)C6)nc4c3F)c12. The van der Waals surface area contributed by atoms with E-state index in [1.807, 2.05) is 11.8 Å². The molecule has 5 heterocycles. The van der Waals surface area contributed by atoms with E-state index in [4.69, 9.17) is 9.72 Å². The number of nitriles is 1. The summed E-state index contributed by atoms with van der Waals surface area (Å²) in [6.07, 6.45) is 4.57. The predicted molar refractivity (Wildman–Crippen MR) is 160 cm³/mol. The zero-order chi connectivity index (χ0) is 30.6. The zero-order valence-electron chi connectivity index (χ0n) is 24.5. The lowest BCUT2D eigenvalue weighted by Gasteiger charge is -2.32. The molecule has 3 fully saturated rings. The highest BCUT2D eigenvalue weighted by atomic mass is 19.1. The molecule has 3 aliphatic heterocycles. The first-order valence-corrected chi connectivity index (χ1v) is 15.3. The Bertz CT molecular complexity index is 1810. The Hall–Kier alpha value is -4.17. The summed E-state index contributed by atoms with van der Waals surface area (Å²) in [4.78, 5) is 17.8. The van der Waals surface area contributed by atoms with Crippen molar-refractivity contribution in [2.75, 3.05) is 37.7 Å². The van der Waals surface area contributed by atoms with Gasteiger partial charge < -0.3 is 14.7 Å². The number of aromatic nitrogens is 3. The van der Waals surface area contributed by atoms with E-state index in [1.54, 1.807) is 6.07 Å². The van der Waals surface area contributed by atoms with Crippen LogP contribution in [0.5, 0.6) is 11.8 Å². The third-order valence-electron chi connectivity index (χ3n) is 9.54. The van der Waals surface area contributed by atoms with Crippen LogP contribution in [0, 0.1) is 28.9 Å². The number of benzene rings is 2. The summed E-state index contributed by atoms with van der Waals surface area (Å²) in [7, 11) is 0. The summed E-state index contributed by atoms with van der Waals surface area (Å²) in [6, 6.07) is 8.10. The normalized spacial score (nSPS) is 23.8. The molecular formula is C33H33F3N6O2. The fourth-order valence-corrected chi connectivity index (χ4v) is 7.47. The Kier molecular flexibility index (Phi) is 7.20. The van der Waals surface area contributed by atoms with E-state index >= 15 is 4.39 Å². The quantitative estimate of drug-likeness (QED) is 0.283. The number of pyridine rings is 1. The van der Waals surface area contributed by atoms with Gasteiger partial charge in [0.05, 0.1) is 22.9 Å². The minimum atomic E-state index is -0.927. The van der Waals surface area contributed by atoms with Crippen molar-refractivity contribution in [2.24, 2.45) is 5.92 Å². The Morgan fingerprint density at radius 2 is 2.02 bits per heavy atom. The first kappa shape index (κ1) is 28.6. The van der Waals surface area contributed by atoms with Crippen molar-refractivity contribution < 1.29 is 23.0 Å². The molecule has 0 aliphatic carbocycles. The van der Waals surface area contributed by atoms with E-state index in [2.05, 4.69) is 20.9 Å². The third kappa shape index (κ3) is 4.76. The lowest BCUT2D eigenvalue weighted by atomic mass is 9.94. The summed E-state index contributed by atoms with van der Waals surface area (Å²) in [5.74, 6) is -1.07. The van der Waals surface area contributed by atoms with Crippen LogP contribution >= 0.6 is 0 Å². The molecule has 0 bridgehead atoms. The molecule has 1 N–H and O–H groups in total. The number of nitrogens with zero attached hydrogens (tertiary/aromatic N) is 6. The number of aryl methyl sites for hydroxylation is 1. The second kappa shape index (κ2) is 11.1. The average Bonchev–Trinajstić information content (AvgIpc) is 3.55. The molecule has 3 saturated heterocycles. The molecule has 44 heavy (non-hydrogen) atoms. The smallest absolute Gasteiger partial charge is 0.319 e. The number of hydrogen-bond acceptors (Lipinski definition) is 8. The van der Waals surface area contributed by atoms with Crippen molar-refractivity contribution in [3.8, 4) is 29.1 Å². The van der Waals surface area contributed by atoms with E-state index in [9.17, 15) is 19.1 Å². The number of rotatable bonds is 6. The number of phenols is 1. The third-order valence-corrected chi connectivity index (χ3v) is 9.54. The van der Waals surface area contributed by atoms with Gasteiger partial charge in [0.15, 0.2) is 5.82 Å². The molecule has 2 aromatic heterocycles. The van der Waals surface area contributed by atoms with E-state index in [-0.39, 0.29) is 41.1 Å². The van der Waals surface area contributed by atoms with Crippen LogP contribution < -0.4 is 9.64 Å². The van der Waals surface area contributed by atoms with Gasteiger partial charge in [-0.1, -0.05) is 13.0 Å². The fourth-order valence-electron chi connectivity index (χ4n) is 7.47. The average molecular weight is 603 g/mol. The van der Waals surface area contributed by atoms with Crippen LogP contribution in [-0.2, 0) is 6.42 Å². The number of ether oxygens (including phenoxy) is 1. The maximum Gasteiger partial charge on any atom is 0.319 e. The number of anilines is 1. The van der Waals surface area contributed by atoms with Gasteiger partial charge >= 0.3 is 6.01 Å². The lowest BCUT2D eigenvalue weighted by Crippen LogP contribution is -2.43. The molecule has 11 heteroatoms. The van der Waals surface area contributed by atoms with Crippen LogP contribution in [0.2, 0.25) is 0 Å². The summed E-state index contributed by atoms with van der Waals surface area (Å²) >= 11 is 0.